The van der Waals surface area contributed by atoms with Crippen LogP contribution in [0.5, 0.6) is 11.6 Å². The molecule has 1 saturated heterocycles. The summed E-state index contributed by atoms with van der Waals surface area (Å²) in [4.78, 5) is 12.4. The van der Waals surface area contributed by atoms with E-state index in [2.05, 4.69) is 19.7 Å². The third kappa shape index (κ3) is 4.37. The highest BCUT2D eigenvalue weighted by atomic mass is 35.5. The molecule has 4 atom stereocenters. The van der Waals surface area contributed by atoms with Crippen LogP contribution in [0.2, 0.25) is 5.02 Å². The Kier molecular flexibility index (Phi) is 5.64. The van der Waals surface area contributed by atoms with Crippen LogP contribution >= 0.6 is 11.6 Å². The standard InChI is InChI=1S/C18H16ClF3N4O5/c1-8-13(27)14(28)17(30-8)26-7-25-12-15(26)23-6-24-16(12)29-5-9-2-3-11(10(19)4-9)31-18(20,21)22/h2-4,6-8,13-14,17,27-28H,5H2,1H3/t8-,13-,14-,17-/m1/s1. The number of aromatic nitrogens is 4. The molecular weight excluding hydrogens is 445 g/mol. The molecule has 2 aromatic heterocycles. The van der Waals surface area contributed by atoms with Crippen LogP contribution in [0.25, 0.3) is 11.2 Å². The SMILES string of the molecule is C[C@H]1O[C@@H](n2cnc3c(OCc4ccc(OC(F)(F)F)c(Cl)c4)ncnc32)[C@H](O)[C@@H]1O. The van der Waals surface area contributed by atoms with Crippen LogP contribution in [-0.2, 0) is 11.3 Å². The van der Waals surface area contributed by atoms with Crippen molar-refractivity contribution in [1.29, 1.82) is 0 Å². The number of fused-ring (bicyclic) bond motifs is 1. The van der Waals surface area contributed by atoms with Crippen molar-refractivity contribution in [2.45, 2.75) is 44.4 Å². The van der Waals surface area contributed by atoms with Gasteiger partial charge in [0.1, 0.15) is 30.9 Å². The van der Waals surface area contributed by atoms with E-state index < -0.39 is 36.7 Å². The van der Waals surface area contributed by atoms with Crippen LogP contribution in [0.3, 0.4) is 0 Å². The minimum absolute atomic E-state index is 0.0662. The second kappa shape index (κ2) is 8.11. The first-order valence-corrected chi connectivity index (χ1v) is 9.38. The molecule has 0 radical (unpaired) electrons. The molecule has 0 amide bonds. The van der Waals surface area contributed by atoms with E-state index >= 15 is 0 Å². The topological polar surface area (TPSA) is 112 Å². The van der Waals surface area contributed by atoms with Gasteiger partial charge in [0.05, 0.1) is 17.5 Å². The van der Waals surface area contributed by atoms with Gasteiger partial charge in [-0.1, -0.05) is 17.7 Å². The number of aliphatic hydroxyl groups excluding tert-OH is 2. The minimum Gasteiger partial charge on any atom is -0.471 e. The zero-order valence-electron chi connectivity index (χ0n) is 15.8. The molecular formula is C18H16ClF3N4O5. The van der Waals surface area contributed by atoms with Gasteiger partial charge in [-0.05, 0) is 24.6 Å². The highest BCUT2D eigenvalue weighted by Gasteiger charge is 2.42. The van der Waals surface area contributed by atoms with Crippen molar-refractivity contribution in [3.8, 4) is 11.6 Å². The largest absolute Gasteiger partial charge is 0.573 e. The maximum absolute atomic E-state index is 12.4. The zero-order chi connectivity index (χ0) is 22.3. The average Bonchev–Trinajstić information content (AvgIpc) is 3.24. The Morgan fingerprint density at radius 2 is 1.97 bits per heavy atom. The van der Waals surface area contributed by atoms with Crippen molar-refractivity contribution in [3.05, 3.63) is 41.4 Å². The summed E-state index contributed by atoms with van der Waals surface area (Å²) in [5.41, 5.74) is 1.05. The Hall–Kier alpha value is -2.67. The molecule has 0 unspecified atom stereocenters. The van der Waals surface area contributed by atoms with Crippen molar-refractivity contribution in [1.82, 2.24) is 19.5 Å². The van der Waals surface area contributed by atoms with Gasteiger partial charge in [0.25, 0.3) is 0 Å². The Labute approximate surface area is 178 Å². The number of ether oxygens (including phenoxy) is 3. The molecule has 0 saturated carbocycles. The van der Waals surface area contributed by atoms with Crippen molar-refractivity contribution >= 4 is 22.8 Å². The van der Waals surface area contributed by atoms with E-state index in [1.807, 2.05) is 0 Å². The minimum atomic E-state index is -4.85. The Balaban J connectivity index is 1.53. The summed E-state index contributed by atoms with van der Waals surface area (Å²) in [7, 11) is 0. The van der Waals surface area contributed by atoms with Gasteiger partial charge in [0.2, 0.25) is 5.88 Å². The zero-order valence-corrected chi connectivity index (χ0v) is 16.6. The molecule has 31 heavy (non-hydrogen) atoms. The Morgan fingerprint density at radius 1 is 1.19 bits per heavy atom. The summed E-state index contributed by atoms with van der Waals surface area (Å²) in [6.45, 7) is 1.57. The maximum Gasteiger partial charge on any atom is 0.573 e. The molecule has 2 N–H and O–H groups in total. The monoisotopic (exact) mass is 460 g/mol. The van der Waals surface area contributed by atoms with Gasteiger partial charge in [-0.2, -0.15) is 4.98 Å². The number of hydrogen-bond acceptors (Lipinski definition) is 8. The first-order chi connectivity index (χ1) is 14.6. The molecule has 1 fully saturated rings. The summed E-state index contributed by atoms with van der Waals surface area (Å²) in [5, 5.41) is 19.9. The molecule has 9 nitrogen and oxygen atoms in total. The highest BCUT2D eigenvalue weighted by molar-refractivity contribution is 6.32. The molecule has 0 aliphatic carbocycles. The third-order valence-electron chi connectivity index (χ3n) is 4.67. The van der Waals surface area contributed by atoms with Gasteiger partial charge in [-0.3, -0.25) is 4.57 Å². The van der Waals surface area contributed by atoms with Gasteiger partial charge in [-0.15, -0.1) is 13.2 Å². The van der Waals surface area contributed by atoms with Gasteiger partial charge < -0.3 is 24.4 Å². The van der Waals surface area contributed by atoms with Crippen LogP contribution in [-0.4, -0.2) is 54.4 Å². The van der Waals surface area contributed by atoms with Crippen LogP contribution < -0.4 is 9.47 Å². The number of hydrogen-bond donors (Lipinski definition) is 2. The lowest BCUT2D eigenvalue weighted by molar-refractivity contribution is -0.274. The summed E-state index contributed by atoms with van der Waals surface area (Å²) in [6.07, 6.45) is -5.95. The first kappa shape index (κ1) is 21.6. The Morgan fingerprint density at radius 3 is 2.61 bits per heavy atom. The molecule has 3 heterocycles. The lowest BCUT2D eigenvalue weighted by Crippen LogP contribution is -2.30. The average molecular weight is 461 g/mol. The number of imidazole rings is 1. The summed E-state index contributed by atoms with van der Waals surface area (Å²) < 4.78 is 53.6. The van der Waals surface area contributed by atoms with E-state index in [1.165, 1.54) is 29.4 Å². The molecule has 13 heteroatoms. The normalized spacial score (nSPS) is 24.0. The lowest BCUT2D eigenvalue weighted by atomic mass is 10.1. The van der Waals surface area contributed by atoms with Crippen molar-refractivity contribution < 1.29 is 37.6 Å². The number of aliphatic hydroxyl groups is 2. The Bertz CT molecular complexity index is 1100. The van der Waals surface area contributed by atoms with Gasteiger partial charge in [-0.25, -0.2) is 9.97 Å². The van der Waals surface area contributed by atoms with Crippen LogP contribution in [0.1, 0.15) is 18.7 Å². The predicted molar refractivity (Wildman–Crippen MR) is 99.4 cm³/mol. The van der Waals surface area contributed by atoms with Gasteiger partial charge in [0, 0.05) is 0 Å². The molecule has 1 aliphatic rings. The van der Waals surface area contributed by atoms with Crippen LogP contribution in [0.4, 0.5) is 13.2 Å². The van der Waals surface area contributed by atoms with E-state index in [1.54, 1.807) is 6.92 Å². The molecule has 1 aliphatic heterocycles. The van der Waals surface area contributed by atoms with E-state index in [4.69, 9.17) is 21.1 Å². The number of halogens is 4. The maximum atomic E-state index is 12.4. The third-order valence-corrected chi connectivity index (χ3v) is 4.97. The summed E-state index contributed by atoms with van der Waals surface area (Å²) in [6, 6.07) is 3.74. The molecule has 0 bridgehead atoms. The van der Waals surface area contributed by atoms with E-state index in [0.717, 1.165) is 6.07 Å². The van der Waals surface area contributed by atoms with Crippen LogP contribution in [0, 0.1) is 0 Å². The molecule has 0 spiro atoms. The first-order valence-electron chi connectivity index (χ1n) is 9.00. The summed E-state index contributed by atoms with van der Waals surface area (Å²) in [5.74, 6) is -0.413. The number of nitrogens with zero attached hydrogens (tertiary/aromatic N) is 4. The van der Waals surface area contributed by atoms with Gasteiger partial charge in [0.15, 0.2) is 17.4 Å². The fourth-order valence-electron chi connectivity index (χ4n) is 3.17. The highest BCUT2D eigenvalue weighted by Crippen LogP contribution is 2.33. The van der Waals surface area contributed by atoms with Crippen LogP contribution in [0.15, 0.2) is 30.9 Å². The molecule has 3 aromatic rings. The number of rotatable bonds is 5. The molecule has 1 aromatic carbocycles. The number of benzene rings is 1. The van der Waals surface area contributed by atoms with Gasteiger partial charge >= 0.3 is 6.36 Å². The summed E-state index contributed by atoms with van der Waals surface area (Å²) >= 11 is 5.85. The second-order valence-corrected chi connectivity index (χ2v) is 7.22. The van der Waals surface area contributed by atoms with E-state index in [9.17, 15) is 23.4 Å². The quantitative estimate of drug-likeness (QED) is 0.597. The molecule has 4 rings (SSSR count). The van der Waals surface area contributed by atoms with E-state index in [-0.39, 0.29) is 23.0 Å². The second-order valence-electron chi connectivity index (χ2n) is 6.82. The number of alkyl halides is 3. The van der Waals surface area contributed by atoms with Crippen molar-refractivity contribution in [2.24, 2.45) is 0 Å². The fraction of sp³-hybridized carbons (Fsp3) is 0.389. The van der Waals surface area contributed by atoms with E-state index in [0.29, 0.717) is 11.2 Å². The molecule has 166 valence electrons. The fourth-order valence-corrected chi connectivity index (χ4v) is 3.41. The smallest absolute Gasteiger partial charge is 0.471 e. The predicted octanol–water partition coefficient (Wildman–Crippen LogP) is 2.60. The lowest BCUT2D eigenvalue weighted by Gasteiger charge is -2.16. The van der Waals surface area contributed by atoms with Crippen molar-refractivity contribution in [2.75, 3.05) is 0 Å². The van der Waals surface area contributed by atoms with Crippen molar-refractivity contribution in [3.63, 3.8) is 0 Å².